The van der Waals surface area contributed by atoms with Gasteiger partial charge in [-0.2, -0.15) is 5.10 Å². The Labute approximate surface area is 114 Å². The summed E-state index contributed by atoms with van der Waals surface area (Å²) in [6.45, 7) is 4.51. The van der Waals surface area contributed by atoms with E-state index in [1.54, 1.807) is 0 Å². The topological polar surface area (TPSA) is 21.1 Å². The second-order valence-corrected chi connectivity index (χ2v) is 5.52. The third kappa shape index (κ3) is 2.56. The van der Waals surface area contributed by atoms with Gasteiger partial charge in [0.25, 0.3) is 0 Å². The molecule has 19 heavy (non-hydrogen) atoms. The fraction of sp³-hybridized carbons (Fsp3) is 0.438. The van der Waals surface area contributed by atoms with Crippen molar-refractivity contribution in [2.45, 2.75) is 25.8 Å². The van der Waals surface area contributed by atoms with Gasteiger partial charge >= 0.3 is 0 Å². The highest BCUT2D eigenvalue weighted by Crippen LogP contribution is 2.26. The number of likely N-dealkylation sites (tertiary alicyclic amines) is 1. The molecule has 0 bridgehead atoms. The van der Waals surface area contributed by atoms with E-state index in [4.69, 9.17) is 5.10 Å². The molecule has 0 atom stereocenters. The Hall–Kier alpha value is -1.61. The van der Waals surface area contributed by atoms with E-state index < -0.39 is 0 Å². The molecule has 1 aromatic carbocycles. The van der Waals surface area contributed by atoms with Crippen molar-refractivity contribution in [1.82, 2.24) is 14.7 Å². The van der Waals surface area contributed by atoms with Gasteiger partial charge in [0, 0.05) is 11.3 Å². The molecule has 3 nitrogen and oxygen atoms in total. The Morgan fingerprint density at radius 2 is 1.79 bits per heavy atom. The second-order valence-electron chi connectivity index (χ2n) is 5.52. The predicted octanol–water partition coefficient (Wildman–Crippen LogP) is 3.13. The molecule has 1 saturated heterocycles. The van der Waals surface area contributed by atoms with Crippen molar-refractivity contribution in [1.29, 1.82) is 0 Å². The average molecular weight is 255 g/mol. The van der Waals surface area contributed by atoms with Gasteiger partial charge in [-0.3, -0.25) is 4.68 Å². The van der Waals surface area contributed by atoms with Crippen LogP contribution in [0.4, 0.5) is 0 Å². The summed E-state index contributed by atoms with van der Waals surface area (Å²) in [7, 11) is 2.20. The van der Waals surface area contributed by atoms with E-state index in [9.17, 15) is 0 Å². The monoisotopic (exact) mass is 255 g/mol. The minimum atomic E-state index is 0.564. The summed E-state index contributed by atoms with van der Waals surface area (Å²) in [5.41, 5.74) is 3.57. The number of hydrogen-bond acceptors (Lipinski definition) is 2. The van der Waals surface area contributed by atoms with Crippen molar-refractivity contribution in [2.75, 3.05) is 20.1 Å². The van der Waals surface area contributed by atoms with Crippen LogP contribution in [0.5, 0.6) is 0 Å². The molecular weight excluding hydrogens is 234 g/mol. The van der Waals surface area contributed by atoms with E-state index in [1.807, 2.05) is 6.07 Å². The van der Waals surface area contributed by atoms with E-state index in [0.29, 0.717) is 6.04 Å². The van der Waals surface area contributed by atoms with Crippen LogP contribution in [0.2, 0.25) is 0 Å². The highest BCUT2D eigenvalue weighted by atomic mass is 15.3. The Kier molecular flexibility index (Phi) is 3.38. The van der Waals surface area contributed by atoms with Crippen LogP contribution in [0.25, 0.3) is 11.3 Å². The first-order chi connectivity index (χ1) is 9.24. The number of aryl methyl sites for hydroxylation is 1. The smallest absolute Gasteiger partial charge is 0.0926 e. The first-order valence-corrected chi connectivity index (χ1v) is 7.04. The molecule has 1 aliphatic heterocycles. The van der Waals surface area contributed by atoms with Gasteiger partial charge in [-0.15, -0.1) is 0 Å². The zero-order chi connectivity index (χ0) is 13.2. The van der Waals surface area contributed by atoms with Crippen LogP contribution in [-0.4, -0.2) is 34.8 Å². The lowest BCUT2D eigenvalue weighted by molar-refractivity contribution is 0.211. The van der Waals surface area contributed by atoms with Crippen LogP contribution in [0.1, 0.15) is 24.6 Å². The Morgan fingerprint density at radius 3 is 2.47 bits per heavy atom. The molecular formula is C16H21N3. The lowest BCUT2D eigenvalue weighted by atomic mass is 10.1. The summed E-state index contributed by atoms with van der Waals surface area (Å²) in [6.07, 6.45) is 2.40. The third-order valence-corrected chi connectivity index (χ3v) is 4.03. The summed E-state index contributed by atoms with van der Waals surface area (Å²) >= 11 is 0. The van der Waals surface area contributed by atoms with Crippen LogP contribution >= 0.6 is 0 Å². The van der Waals surface area contributed by atoms with Crippen molar-refractivity contribution >= 4 is 0 Å². The van der Waals surface area contributed by atoms with Gasteiger partial charge < -0.3 is 4.90 Å². The molecule has 0 N–H and O–H groups in total. The molecule has 1 aliphatic rings. The second kappa shape index (κ2) is 5.17. The quantitative estimate of drug-likeness (QED) is 0.822. The van der Waals surface area contributed by atoms with Crippen LogP contribution in [0, 0.1) is 6.92 Å². The minimum absolute atomic E-state index is 0.564. The number of benzene rings is 1. The van der Waals surface area contributed by atoms with Gasteiger partial charge in [0.1, 0.15) is 0 Å². The van der Waals surface area contributed by atoms with Crippen LogP contribution in [-0.2, 0) is 0 Å². The molecule has 0 aliphatic carbocycles. The molecule has 3 rings (SSSR count). The zero-order valence-electron chi connectivity index (χ0n) is 11.7. The summed E-state index contributed by atoms with van der Waals surface area (Å²) in [6, 6.07) is 13.2. The summed E-state index contributed by atoms with van der Waals surface area (Å²) < 4.78 is 2.23. The van der Waals surface area contributed by atoms with Crippen molar-refractivity contribution < 1.29 is 0 Å². The van der Waals surface area contributed by atoms with Crippen LogP contribution in [0.3, 0.4) is 0 Å². The number of nitrogens with zero attached hydrogens (tertiary/aromatic N) is 3. The molecule has 0 amide bonds. The first kappa shape index (κ1) is 12.4. The molecule has 0 radical (unpaired) electrons. The number of hydrogen-bond donors (Lipinski definition) is 0. The Bertz CT molecular complexity index is 536. The number of aromatic nitrogens is 2. The van der Waals surface area contributed by atoms with Crippen molar-refractivity contribution in [3.63, 3.8) is 0 Å². The number of rotatable bonds is 2. The predicted molar refractivity (Wildman–Crippen MR) is 78.2 cm³/mol. The lowest BCUT2D eigenvalue weighted by Gasteiger charge is -2.29. The van der Waals surface area contributed by atoms with Gasteiger partial charge in [-0.05, 0) is 46.0 Å². The fourth-order valence-electron chi connectivity index (χ4n) is 2.85. The highest BCUT2D eigenvalue weighted by molar-refractivity contribution is 5.59. The van der Waals surface area contributed by atoms with E-state index >= 15 is 0 Å². The maximum Gasteiger partial charge on any atom is 0.0926 e. The van der Waals surface area contributed by atoms with Gasteiger partial charge in [-0.1, -0.05) is 30.3 Å². The summed E-state index contributed by atoms with van der Waals surface area (Å²) in [4.78, 5) is 2.40. The first-order valence-electron chi connectivity index (χ1n) is 7.04. The largest absolute Gasteiger partial charge is 0.306 e. The van der Waals surface area contributed by atoms with Crippen molar-refractivity contribution in [2.24, 2.45) is 0 Å². The molecule has 100 valence electrons. The molecule has 3 heteroatoms. The van der Waals surface area contributed by atoms with E-state index in [-0.39, 0.29) is 0 Å². The SMILES string of the molecule is Cc1cc(-c2ccccc2)nn1C1CCN(C)CC1. The normalized spacial score (nSPS) is 17.8. The lowest BCUT2D eigenvalue weighted by Crippen LogP contribution is -2.32. The average Bonchev–Trinajstić information content (AvgIpc) is 2.83. The maximum atomic E-state index is 4.83. The van der Waals surface area contributed by atoms with E-state index in [0.717, 1.165) is 5.69 Å². The summed E-state index contributed by atoms with van der Waals surface area (Å²) in [5, 5.41) is 4.83. The number of piperidine rings is 1. The summed E-state index contributed by atoms with van der Waals surface area (Å²) in [5.74, 6) is 0. The van der Waals surface area contributed by atoms with Gasteiger partial charge in [0.05, 0.1) is 11.7 Å². The molecule has 1 fully saturated rings. The highest BCUT2D eigenvalue weighted by Gasteiger charge is 2.20. The van der Waals surface area contributed by atoms with E-state index in [2.05, 4.69) is 53.9 Å². The molecule has 1 aromatic heterocycles. The molecule has 0 unspecified atom stereocenters. The molecule has 2 aromatic rings. The van der Waals surface area contributed by atoms with Gasteiger partial charge in [-0.25, -0.2) is 0 Å². The van der Waals surface area contributed by atoms with Gasteiger partial charge in [0.15, 0.2) is 0 Å². The van der Waals surface area contributed by atoms with Crippen LogP contribution in [0.15, 0.2) is 36.4 Å². The Morgan fingerprint density at radius 1 is 1.11 bits per heavy atom. The standard InChI is InChI=1S/C16H21N3/c1-13-12-16(14-6-4-3-5-7-14)17-19(13)15-8-10-18(2)11-9-15/h3-7,12,15H,8-11H2,1-2H3. The Balaban J connectivity index is 1.86. The van der Waals surface area contributed by atoms with Crippen molar-refractivity contribution in [3.05, 3.63) is 42.1 Å². The maximum absolute atomic E-state index is 4.83. The molecule has 2 heterocycles. The van der Waals surface area contributed by atoms with Gasteiger partial charge in [0.2, 0.25) is 0 Å². The van der Waals surface area contributed by atoms with Crippen molar-refractivity contribution in [3.8, 4) is 11.3 Å². The minimum Gasteiger partial charge on any atom is -0.306 e. The third-order valence-electron chi connectivity index (χ3n) is 4.03. The fourth-order valence-corrected chi connectivity index (χ4v) is 2.85. The zero-order valence-corrected chi connectivity index (χ0v) is 11.7. The van der Waals surface area contributed by atoms with Crippen LogP contribution < -0.4 is 0 Å². The molecule has 0 saturated carbocycles. The van der Waals surface area contributed by atoms with E-state index in [1.165, 1.54) is 37.2 Å². The molecule has 0 spiro atoms.